The van der Waals surface area contributed by atoms with Gasteiger partial charge in [-0.15, -0.1) is 0 Å². The van der Waals surface area contributed by atoms with Gasteiger partial charge in [0.1, 0.15) is 5.69 Å². The average molecular weight is 375 g/mol. The molecule has 0 saturated carbocycles. The molecule has 2 heterocycles. The topological polar surface area (TPSA) is 42.6 Å². The van der Waals surface area contributed by atoms with Crippen molar-refractivity contribution < 1.29 is 9.69 Å². The fourth-order valence-corrected chi connectivity index (χ4v) is 3.78. The predicted octanol–water partition coefficient (Wildman–Crippen LogP) is 2.21. The first kappa shape index (κ1) is 18.4. The van der Waals surface area contributed by atoms with E-state index in [1.165, 1.54) is 0 Å². The van der Waals surface area contributed by atoms with E-state index in [9.17, 15) is 4.79 Å². The molecule has 0 atom stereocenters. The summed E-state index contributed by atoms with van der Waals surface area (Å²) in [6, 6.07) is 20.1. The van der Waals surface area contributed by atoms with Gasteiger partial charge in [0.15, 0.2) is 0 Å². The summed E-state index contributed by atoms with van der Waals surface area (Å²) in [5, 5.41) is 4.80. The van der Waals surface area contributed by atoms with Gasteiger partial charge in [0.25, 0.3) is 5.91 Å². The highest BCUT2D eigenvalue weighted by atomic mass is 16.2. The Labute approximate surface area is 166 Å². The lowest BCUT2D eigenvalue weighted by molar-refractivity contribution is -0.902. The van der Waals surface area contributed by atoms with Crippen molar-refractivity contribution >= 4 is 5.91 Å². The monoisotopic (exact) mass is 375 g/mol. The van der Waals surface area contributed by atoms with Gasteiger partial charge in [0.05, 0.1) is 44.1 Å². The number of quaternary nitrogens is 1. The van der Waals surface area contributed by atoms with Gasteiger partial charge in [-0.3, -0.25) is 4.79 Å². The molecule has 1 amide bonds. The number of hydrogen-bond donors (Lipinski definition) is 1. The van der Waals surface area contributed by atoms with Gasteiger partial charge < -0.3 is 9.80 Å². The minimum absolute atomic E-state index is 0.0614. The summed E-state index contributed by atoms with van der Waals surface area (Å²) in [4.78, 5) is 16.9. The number of benzene rings is 2. The van der Waals surface area contributed by atoms with E-state index in [4.69, 9.17) is 5.10 Å². The van der Waals surface area contributed by atoms with Gasteiger partial charge >= 0.3 is 0 Å². The Morgan fingerprint density at radius 2 is 1.79 bits per heavy atom. The summed E-state index contributed by atoms with van der Waals surface area (Å²) in [5.41, 5.74) is 4.53. The number of amides is 1. The maximum absolute atomic E-state index is 13.4. The van der Waals surface area contributed by atoms with Crippen LogP contribution in [-0.4, -0.2) is 53.3 Å². The minimum Gasteiger partial charge on any atom is -0.332 e. The third-order valence-corrected chi connectivity index (χ3v) is 5.50. The summed E-state index contributed by atoms with van der Waals surface area (Å²) in [6.45, 7) is 8.97. The van der Waals surface area contributed by atoms with Crippen molar-refractivity contribution in [3.63, 3.8) is 0 Å². The van der Waals surface area contributed by atoms with Crippen LogP contribution in [-0.2, 0) is 0 Å². The number of aromatic nitrogens is 2. The van der Waals surface area contributed by atoms with Gasteiger partial charge in [0, 0.05) is 5.56 Å². The molecule has 1 fully saturated rings. The van der Waals surface area contributed by atoms with Crippen LogP contribution in [0, 0.1) is 6.92 Å². The Morgan fingerprint density at radius 1 is 1.04 bits per heavy atom. The Morgan fingerprint density at radius 3 is 2.46 bits per heavy atom. The van der Waals surface area contributed by atoms with Crippen LogP contribution >= 0.6 is 0 Å². The van der Waals surface area contributed by atoms with Gasteiger partial charge in [-0.25, -0.2) is 4.68 Å². The zero-order valence-corrected chi connectivity index (χ0v) is 16.6. The second kappa shape index (κ2) is 7.98. The minimum atomic E-state index is 0.0614. The third kappa shape index (κ3) is 3.71. The Kier molecular flexibility index (Phi) is 5.26. The zero-order valence-electron chi connectivity index (χ0n) is 16.6. The predicted molar refractivity (Wildman–Crippen MR) is 111 cm³/mol. The summed E-state index contributed by atoms with van der Waals surface area (Å²) < 4.78 is 1.80. The molecule has 0 aliphatic carbocycles. The lowest BCUT2D eigenvalue weighted by atomic mass is 10.1. The summed E-state index contributed by atoms with van der Waals surface area (Å²) in [7, 11) is 0. The molecule has 3 aromatic rings. The summed E-state index contributed by atoms with van der Waals surface area (Å²) in [5.74, 6) is 0.0614. The smallest absolute Gasteiger partial charge is 0.273 e. The van der Waals surface area contributed by atoms with Crippen LogP contribution in [0.25, 0.3) is 16.9 Å². The van der Waals surface area contributed by atoms with Crippen molar-refractivity contribution in [1.29, 1.82) is 0 Å². The number of hydrogen-bond acceptors (Lipinski definition) is 2. The summed E-state index contributed by atoms with van der Waals surface area (Å²) >= 11 is 0. The van der Waals surface area contributed by atoms with E-state index in [1.54, 1.807) is 9.58 Å². The van der Waals surface area contributed by atoms with Gasteiger partial charge in [-0.05, 0) is 37.6 Å². The number of nitrogens with zero attached hydrogens (tertiary/aromatic N) is 3. The number of aryl methyl sites for hydroxylation is 1. The molecule has 2 aromatic carbocycles. The van der Waals surface area contributed by atoms with E-state index in [0.29, 0.717) is 5.69 Å². The second-order valence-electron chi connectivity index (χ2n) is 7.43. The Bertz CT molecular complexity index is 956. The molecule has 1 aliphatic heterocycles. The number of nitrogens with one attached hydrogen (secondary N) is 1. The van der Waals surface area contributed by atoms with Crippen LogP contribution in [0.2, 0.25) is 0 Å². The molecule has 0 unspecified atom stereocenters. The van der Waals surface area contributed by atoms with Crippen molar-refractivity contribution in [3.8, 4) is 16.9 Å². The van der Waals surface area contributed by atoms with E-state index in [-0.39, 0.29) is 5.91 Å². The maximum atomic E-state index is 13.4. The lowest BCUT2D eigenvalue weighted by Gasteiger charge is -2.31. The molecule has 0 bridgehead atoms. The van der Waals surface area contributed by atoms with Crippen LogP contribution in [0.5, 0.6) is 0 Å². The van der Waals surface area contributed by atoms with Crippen molar-refractivity contribution in [2.45, 2.75) is 13.8 Å². The van der Waals surface area contributed by atoms with Gasteiger partial charge in [0.2, 0.25) is 0 Å². The van der Waals surface area contributed by atoms with Crippen molar-refractivity contribution in [1.82, 2.24) is 14.7 Å². The normalized spacial score (nSPS) is 15.0. The lowest BCUT2D eigenvalue weighted by Crippen LogP contribution is -3.14. The third-order valence-electron chi connectivity index (χ3n) is 5.50. The number of rotatable bonds is 4. The molecule has 1 saturated heterocycles. The number of piperazine rings is 1. The van der Waals surface area contributed by atoms with E-state index in [1.807, 2.05) is 53.4 Å². The number of carbonyl (C=O) groups is 1. The van der Waals surface area contributed by atoms with Crippen molar-refractivity contribution in [2.24, 2.45) is 0 Å². The molecule has 5 nitrogen and oxygen atoms in total. The Hall–Kier alpha value is -2.92. The van der Waals surface area contributed by atoms with E-state index < -0.39 is 0 Å². The van der Waals surface area contributed by atoms with Crippen LogP contribution < -0.4 is 4.90 Å². The van der Waals surface area contributed by atoms with E-state index in [2.05, 4.69) is 26.0 Å². The molecule has 28 heavy (non-hydrogen) atoms. The number of likely N-dealkylation sites (N-methyl/N-ethyl adjacent to an activating group) is 1. The fourth-order valence-electron chi connectivity index (χ4n) is 3.78. The summed E-state index contributed by atoms with van der Waals surface area (Å²) in [6.07, 6.45) is 0. The average Bonchev–Trinajstić information content (AvgIpc) is 3.19. The molecule has 1 aromatic heterocycles. The molecule has 0 radical (unpaired) electrons. The zero-order chi connectivity index (χ0) is 19.5. The largest absolute Gasteiger partial charge is 0.332 e. The fraction of sp³-hybridized carbons (Fsp3) is 0.304. The SMILES string of the molecule is CC[NH+]1CCN(C(=O)c2cc(-c3ccccc3)nn2-c2cccc(C)c2)CC1. The number of carbonyl (C=O) groups excluding carboxylic acids is 1. The van der Waals surface area contributed by atoms with Gasteiger partial charge in [-0.1, -0.05) is 42.5 Å². The Balaban J connectivity index is 1.72. The highest BCUT2D eigenvalue weighted by molar-refractivity contribution is 5.94. The van der Waals surface area contributed by atoms with Crippen molar-refractivity contribution in [3.05, 3.63) is 71.9 Å². The van der Waals surface area contributed by atoms with Crippen LogP contribution in [0.4, 0.5) is 0 Å². The second-order valence-corrected chi connectivity index (χ2v) is 7.43. The molecule has 5 heteroatoms. The molecular formula is C23H27N4O+. The van der Waals surface area contributed by atoms with E-state index >= 15 is 0 Å². The molecule has 144 valence electrons. The highest BCUT2D eigenvalue weighted by Gasteiger charge is 2.27. The highest BCUT2D eigenvalue weighted by Crippen LogP contribution is 2.23. The standard InChI is InChI=1S/C23H26N4O/c1-3-25-12-14-26(15-13-25)23(28)22-17-21(19-9-5-4-6-10-19)24-27(22)20-11-7-8-18(2)16-20/h4-11,16-17H,3,12-15H2,1-2H3/p+1. The molecule has 1 N–H and O–H groups in total. The first-order valence-corrected chi connectivity index (χ1v) is 10.0. The first-order chi connectivity index (χ1) is 13.7. The molecule has 1 aliphatic rings. The van der Waals surface area contributed by atoms with Crippen LogP contribution in [0.3, 0.4) is 0 Å². The van der Waals surface area contributed by atoms with Gasteiger partial charge in [-0.2, -0.15) is 5.10 Å². The van der Waals surface area contributed by atoms with Crippen molar-refractivity contribution in [2.75, 3.05) is 32.7 Å². The first-order valence-electron chi connectivity index (χ1n) is 10.0. The quantitative estimate of drug-likeness (QED) is 0.760. The van der Waals surface area contributed by atoms with Crippen LogP contribution in [0.1, 0.15) is 23.0 Å². The molecule has 4 rings (SSSR count). The van der Waals surface area contributed by atoms with Crippen LogP contribution in [0.15, 0.2) is 60.7 Å². The molecule has 0 spiro atoms. The molecular weight excluding hydrogens is 348 g/mol. The maximum Gasteiger partial charge on any atom is 0.273 e. The van der Waals surface area contributed by atoms with E-state index in [0.717, 1.165) is 55.2 Å².